The standard InChI is InChI=1S/C26H26ClN3O2/c27-23-10-8-21(9-11-23)16-29-18-24(22-7-4-12-28-15-22)26(19-29)25(31)30(13-14-32-26)17-20-5-2-1-3-6-20/h1-12,15,24H,13-14,16-19H2/t24-,26-/m0/s1. The van der Waals surface area contributed by atoms with Gasteiger partial charge in [-0.05, 0) is 34.9 Å². The molecular formula is C26H26ClN3O2. The topological polar surface area (TPSA) is 45.7 Å². The largest absolute Gasteiger partial charge is 0.361 e. The van der Waals surface area contributed by atoms with E-state index in [1.807, 2.05) is 59.6 Å². The molecule has 164 valence electrons. The molecule has 0 radical (unpaired) electrons. The Labute approximate surface area is 193 Å². The quantitative estimate of drug-likeness (QED) is 0.590. The first-order chi connectivity index (χ1) is 15.6. The van der Waals surface area contributed by atoms with E-state index in [0.717, 1.165) is 29.2 Å². The molecular weight excluding hydrogens is 422 g/mol. The van der Waals surface area contributed by atoms with E-state index < -0.39 is 5.60 Å². The van der Waals surface area contributed by atoms with Crippen LogP contribution in [0.25, 0.3) is 0 Å². The van der Waals surface area contributed by atoms with Gasteiger partial charge in [0.15, 0.2) is 5.60 Å². The third-order valence-electron chi connectivity index (χ3n) is 6.45. The number of morpholine rings is 1. The molecule has 1 aromatic heterocycles. The molecule has 32 heavy (non-hydrogen) atoms. The summed E-state index contributed by atoms with van der Waals surface area (Å²) in [7, 11) is 0. The Bertz CT molecular complexity index is 1060. The van der Waals surface area contributed by atoms with Gasteiger partial charge in [-0.15, -0.1) is 0 Å². The zero-order valence-corrected chi connectivity index (χ0v) is 18.6. The average molecular weight is 448 g/mol. The fourth-order valence-corrected chi connectivity index (χ4v) is 5.05. The van der Waals surface area contributed by atoms with Crippen molar-refractivity contribution in [2.75, 3.05) is 26.2 Å². The molecule has 2 aromatic carbocycles. The van der Waals surface area contributed by atoms with Crippen molar-refractivity contribution in [2.45, 2.75) is 24.6 Å². The number of aromatic nitrogens is 1. The highest BCUT2D eigenvalue weighted by Gasteiger charge is 2.56. The maximum Gasteiger partial charge on any atom is 0.257 e. The van der Waals surface area contributed by atoms with Crippen molar-refractivity contribution in [2.24, 2.45) is 0 Å². The van der Waals surface area contributed by atoms with Crippen molar-refractivity contribution in [3.63, 3.8) is 0 Å². The Morgan fingerprint density at radius 3 is 2.53 bits per heavy atom. The van der Waals surface area contributed by atoms with Crippen LogP contribution in [-0.4, -0.2) is 52.5 Å². The lowest BCUT2D eigenvalue weighted by molar-refractivity contribution is -0.173. The van der Waals surface area contributed by atoms with Gasteiger partial charge in [0, 0.05) is 56.1 Å². The van der Waals surface area contributed by atoms with E-state index in [9.17, 15) is 4.79 Å². The van der Waals surface area contributed by atoms with Crippen LogP contribution in [0.5, 0.6) is 0 Å². The number of likely N-dealkylation sites (tertiary alicyclic amines) is 1. The van der Waals surface area contributed by atoms with Crippen molar-refractivity contribution in [1.82, 2.24) is 14.8 Å². The van der Waals surface area contributed by atoms with Gasteiger partial charge in [0.25, 0.3) is 5.91 Å². The van der Waals surface area contributed by atoms with E-state index in [-0.39, 0.29) is 11.8 Å². The van der Waals surface area contributed by atoms with Crippen molar-refractivity contribution < 1.29 is 9.53 Å². The molecule has 2 atom stereocenters. The monoisotopic (exact) mass is 447 g/mol. The molecule has 3 aromatic rings. The van der Waals surface area contributed by atoms with Gasteiger partial charge < -0.3 is 9.64 Å². The summed E-state index contributed by atoms with van der Waals surface area (Å²) in [6, 6.07) is 22.0. The summed E-state index contributed by atoms with van der Waals surface area (Å²) in [6.07, 6.45) is 3.63. The SMILES string of the molecule is O=C1N(Cc2ccccc2)CCO[C@]12CN(Cc1ccc(Cl)cc1)C[C@H]2c1cccnc1. The number of amides is 1. The predicted molar refractivity (Wildman–Crippen MR) is 124 cm³/mol. The second-order valence-electron chi connectivity index (χ2n) is 8.59. The summed E-state index contributed by atoms with van der Waals surface area (Å²) in [5, 5.41) is 0.724. The molecule has 0 N–H and O–H groups in total. The molecule has 3 heterocycles. The van der Waals surface area contributed by atoms with E-state index in [1.54, 1.807) is 6.20 Å². The van der Waals surface area contributed by atoms with Gasteiger partial charge in [0.1, 0.15) is 0 Å². The third kappa shape index (κ3) is 4.16. The van der Waals surface area contributed by atoms with Crippen molar-refractivity contribution in [3.05, 3.63) is 101 Å². The number of rotatable bonds is 5. The Morgan fingerprint density at radius 1 is 1.00 bits per heavy atom. The minimum atomic E-state index is -0.900. The highest BCUT2D eigenvalue weighted by atomic mass is 35.5. The fourth-order valence-electron chi connectivity index (χ4n) is 4.92. The number of ether oxygens (including phenoxy) is 1. The summed E-state index contributed by atoms with van der Waals surface area (Å²) in [4.78, 5) is 22.5. The lowest BCUT2D eigenvalue weighted by Gasteiger charge is -2.42. The highest BCUT2D eigenvalue weighted by molar-refractivity contribution is 6.30. The first-order valence-corrected chi connectivity index (χ1v) is 11.4. The fraction of sp³-hybridized carbons (Fsp3) is 0.308. The van der Waals surface area contributed by atoms with Gasteiger partial charge >= 0.3 is 0 Å². The number of carbonyl (C=O) groups excluding carboxylic acids is 1. The summed E-state index contributed by atoms with van der Waals surface area (Å²) in [6.45, 7) is 3.77. The number of carbonyl (C=O) groups is 1. The van der Waals surface area contributed by atoms with Crippen molar-refractivity contribution in [3.8, 4) is 0 Å². The van der Waals surface area contributed by atoms with Gasteiger partial charge in [-0.2, -0.15) is 0 Å². The lowest BCUT2D eigenvalue weighted by atomic mass is 9.83. The van der Waals surface area contributed by atoms with Crippen LogP contribution in [-0.2, 0) is 22.6 Å². The van der Waals surface area contributed by atoms with E-state index >= 15 is 0 Å². The Balaban J connectivity index is 1.44. The van der Waals surface area contributed by atoms with Crippen LogP contribution in [0.15, 0.2) is 79.1 Å². The summed E-state index contributed by atoms with van der Waals surface area (Å²) in [5.41, 5.74) is 2.44. The molecule has 0 bridgehead atoms. The highest BCUT2D eigenvalue weighted by Crippen LogP contribution is 2.42. The van der Waals surface area contributed by atoms with Crippen LogP contribution in [0.4, 0.5) is 0 Å². The molecule has 2 aliphatic rings. The second kappa shape index (κ2) is 9.02. The molecule has 0 aliphatic carbocycles. The third-order valence-corrected chi connectivity index (χ3v) is 6.71. The first-order valence-electron chi connectivity index (χ1n) is 11.0. The minimum Gasteiger partial charge on any atom is -0.361 e. The maximum atomic E-state index is 13.9. The summed E-state index contributed by atoms with van der Waals surface area (Å²) >= 11 is 6.06. The molecule has 6 heteroatoms. The number of nitrogens with zero attached hydrogens (tertiary/aromatic N) is 3. The molecule has 1 amide bonds. The van der Waals surface area contributed by atoms with Crippen LogP contribution >= 0.6 is 11.6 Å². The van der Waals surface area contributed by atoms with Crippen molar-refractivity contribution in [1.29, 1.82) is 0 Å². The normalized spacial score (nSPS) is 23.7. The van der Waals surface area contributed by atoms with Crippen molar-refractivity contribution >= 4 is 17.5 Å². The van der Waals surface area contributed by atoms with Crippen LogP contribution in [0.1, 0.15) is 22.6 Å². The maximum absolute atomic E-state index is 13.9. The summed E-state index contributed by atoms with van der Waals surface area (Å²) in [5.74, 6) is -0.00497. The van der Waals surface area contributed by atoms with E-state index in [2.05, 4.69) is 28.1 Å². The van der Waals surface area contributed by atoms with Gasteiger partial charge in [0.2, 0.25) is 0 Å². The second-order valence-corrected chi connectivity index (χ2v) is 9.02. The van der Waals surface area contributed by atoms with Gasteiger partial charge in [-0.1, -0.05) is 60.1 Å². The van der Waals surface area contributed by atoms with Crippen LogP contribution in [0.2, 0.25) is 5.02 Å². The molecule has 1 spiro atoms. The molecule has 2 saturated heterocycles. The number of benzene rings is 2. The number of hydrogen-bond acceptors (Lipinski definition) is 4. The van der Waals surface area contributed by atoms with Gasteiger partial charge in [0.05, 0.1) is 6.61 Å². The first kappa shape index (κ1) is 21.1. The summed E-state index contributed by atoms with van der Waals surface area (Å²) < 4.78 is 6.38. The predicted octanol–water partition coefficient (Wildman–Crippen LogP) is 4.13. The average Bonchev–Trinajstić information content (AvgIpc) is 3.18. The molecule has 0 unspecified atom stereocenters. The number of pyridine rings is 1. The number of halogens is 1. The van der Waals surface area contributed by atoms with Gasteiger partial charge in [-0.25, -0.2) is 0 Å². The Kier molecular flexibility index (Phi) is 5.96. The van der Waals surface area contributed by atoms with Gasteiger partial charge in [-0.3, -0.25) is 14.7 Å². The number of hydrogen-bond donors (Lipinski definition) is 0. The van der Waals surface area contributed by atoms with Crippen LogP contribution < -0.4 is 0 Å². The lowest BCUT2D eigenvalue weighted by Crippen LogP contribution is -2.59. The minimum absolute atomic E-state index is 0.0695. The van der Waals surface area contributed by atoms with E-state index in [0.29, 0.717) is 26.2 Å². The molecule has 5 rings (SSSR count). The van der Waals surface area contributed by atoms with E-state index in [4.69, 9.17) is 16.3 Å². The Hall–Kier alpha value is -2.73. The van der Waals surface area contributed by atoms with Crippen LogP contribution in [0, 0.1) is 0 Å². The van der Waals surface area contributed by atoms with E-state index in [1.165, 1.54) is 5.56 Å². The molecule has 0 saturated carbocycles. The molecule has 5 nitrogen and oxygen atoms in total. The smallest absolute Gasteiger partial charge is 0.257 e. The molecule has 2 aliphatic heterocycles. The van der Waals surface area contributed by atoms with Crippen LogP contribution in [0.3, 0.4) is 0 Å². The Morgan fingerprint density at radius 2 is 1.78 bits per heavy atom. The molecule has 2 fully saturated rings. The zero-order chi connectivity index (χ0) is 22.0. The zero-order valence-electron chi connectivity index (χ0n) is 17.9.